The lowest BCUT2D eigenvalue weighted by atomic mass is 10.2. The fourth-order valence-corrected chi connectivity index (χ4v) is 2.45. The van der Waals surface area contributed by atoms with E-state index >= 15 is 0 Å². The number of rotatable bonds is 5. The molecule has 0 aromatic carbocycles. The van der Waals surface area contributed by atoms with E-state index in [0.29, 0.717) is 25.5 Å². The van der Waals surface area contributed by atoms with Crippen molar-refractivity contribution >= 4 is 11.7 Å². The number of amides is 1. The first kappa shape index (κ1) is 16.9. The van der Waals surface area contributed by atoms with Crippen molar-refractivity contribution in [3.63, 3.8) is 0 Å². The van der Waals surface area contributed by atoms with Crippen LogP contribution in [0.15, 0.2) is 30.1 Å². The molecule has 0 bridgehead atoms. The third kappa shape index (κ3) is 4.52. The van der Waals surface area contributed by atoms with Gasteiger partial charge in [0.15, 0.2) is 0 Å². The van der Waals surface area contributed by atoms with Gasteiger partial charge in [-0.25, -0.2) is 4.98 Å². The number of carbonyl (C=O) groups excluding carboxylic acids is 1. The fourth-order valence-electron chi connectivity index (χ4n) is 2.45. The van der Waals surface area contributed by atoms with E-state index in [-0.39, 0.29) is 11.5 Å². The van der Waals surface area contributed by atoms with Crippen LogP contribution >= 0.6 is 0 Å². The Morgan fingerprint density at radius 3 is 2.83 bits per heavy atom. The molecule has 0 spiro atoms. The Morgan fingerprint density at radius 2 is 2.22 bits per heavy atom. The molecule has 0 aliphatic carbocycles. The summed E-state index contributed by atoms with van der Waals surface area (Å²) in [5, 5.41) is 12.2. The van der Waals surface area contributed by atoms with E-state index in [1.54, 1.807) is 11.1 Å². The molecule has 1 saturated heterocycles. The van der Waals surface area contributed by atoms with Crippen LogP contribution in [-0.2, 0) is 4.79 Å². The Hall–Kier alpha value is -2.43. The van der Waals surface area contributed by atoms with E-state index in [2.05, 4.69) is 15.2 Å². The summed E-state index contributed by atoms with van der Waals surface area (Å²) in [7, 11) is 0. The van der Waals surface area contributed by atoms with Crippen LogP contribution < -0.4 is 11.1 Å². The zero-order valence-corrected chi connectivity index (χ0v) is 13.3. The summed E-state index contributed by atoms with van der Waals surface area (Å²) in [5.74, 6) is 0.391. The summed E-state index contributed by atoms with van der Waals surface area (Å²) >= 11 is 0. The quantitative estimate of drug-likeness (QED) is 0.600. The Balaban J connectivity index is 1.98. The molecule has 0 saturated carbocycles. The standard InChI is InChI=1S/C16H22N6O/c1-13-3-2-5-19-15(13)20-12-14(11-18)16(23)22-9-7-21(6-4-17)8-10-22/h2-3,5,12H,4,6-10,17H2,1H3,(H,19,20)/b14-12-. The smallest absolute Gasteiger partial charge is 0.266 e. The number of pyridine rings is 1. The highest BCUT2D eigenvalue weighted by molar-refractivity contribution is 5.97. The Labute approximate surface area is 136 Å². The number of nitrogens with two attached hydrogens (primary N) is 1. The lowest BCUT2D eigenvalue weighted by Crippen LogP contribution is -2.50. The SMILES string of the molecule is Cc1cccnc1N/C=C(/C#N)C(=O)N1CCN(CCN)CC1. The molecule has 1 aromatic rings. The molecule has 7 nitrogen and oxygen atoms in total. The van der Waals surface area contributed by atoms with Crippen LogP contribution in [-0.4, -0.2) is 60.0 Å². The average molecular weight is 314 g/mol. The van der Waals surface area contributed by atoms with Gasteiger partial charge in [0.25, 0.3) is 5.91 Å². The fraction of sp³-hybridized carbons (Fsp3) is 0.438. The van der Waals surface area contributed by atoms with Gasteiger partial charge in [-0.15, -0.1) is 0 Å². The molecule has 7 heteroatoms. The van der Waals surface area contributed by atoms with Crippen LogP contribution in [0.1, 0.15) is 5.56 Å². The number of hydrogen-bond acceptors (Lipinski definition) is 6. The van der Waals surface area contributed by atoms with Crippen molar-refractivity contribution in [1.29, 1.82) is 5.26 Å². The van der Waals surface area contributed by atoms with Crippen LogP contribution in [0.4, 0.5) is 5.82 Å². The topological polar surface area (TPSA) is 98.3 Å². The zero-order chi connectivity index (χ0) is 16.7. The molecule has 0 atom stereocenters. The van der Waals surface area contributed by atoms with Gasteiger partial charge in [-0.1, -0.05) is 6.07 Å². The maximum atomic E-state index is 12.4. The number of aromatic nitrogens is 1. The highest BCUT2D eigenvalue weighted by Crippen LogP contribution is 2.11. The van der Waals surface area contributed by atoms with Gasteiger partial charge >= 0.3 is 0 Å². The van der Waals surface area contributed by atoms with Crippen molar-refractivity contribution < 1.29 is 4.79 Å². The number of aryl methyl sites for hydroxylation is 1. The van der Waals surface area contributed by atoms with Crippen molar-refractivity contribution in [1.82, 2.24) is 14.8 Å². The van der Waals surface area contributed by atoms with Gasteiger partial charge in [-0.3, -0.25) is 9.69 Å². The van der Waals surface area contributed by atoms with Gasteiger partial charge < -0.3 is 16.0 Å². The maximum Gasteiger partial charge on any atom is 0.266 e. The Morgan fingerprint density at radius 1 is 1.48 bits per heavy atom. The zero-order valence-electron chi connectivity index (χ0n) is 13.3. The predicted molar refractivity (Wildman–Crippen MR) is 88.4 cm³/mol. The first-order valence-corrected chi connectivity index (χ1v) is 7.66. The normalized spacial score (nSPS) is 16.0. The van der Waals surface area contributed by atoms with Crippen LogP contribution in [0.3, 0.4) is 0 Å². The summed E-state index contributed by atoms with van der Waals surface area (Å²) < 4.78 is 0. The van der Waals surface area contributed by atoms with E-state index in [1.165, 1.54) is 6.20 Å². The van der Waals surface area contributed by atoms with Gasteiger partial charge in [-0.2, -0.15) is 5.26 Å². The summed E-state index contributed by atoms with van der Waals surface area (Å²) in [4.78, 5) is 20.5. The molecule has 122 valence electrons. The van der Waals surface area contributed by atoms with E-state index in [1.807, 2.05) is 25.1 Å². The van der Waals surface area contributed by atoms with Crippen molar-refractivity contribution in [2.75, 3.05) is 44.6 Å². The summed E-state index contributed by atoms with van der Waals surface area (Å²) in [6, 6.07) is 5.72. The van der Waals surface area contributed by atoms with Gasteiger partial charge in [0.05, 0.1) is 0 Å². The summed E-state index contributed by atoms with van der Waals surface area (Å²) in [6.07, 6.45) is 3.09. The van der Waals surface area contributed by atoms with Crippen LogP contribution in [0.25, 0.3) is 0 Å². The second-order valence-electron chi connectivity index (χ2n) is 5.41. The third-order valence-corrected chi connectivity index (χ3v) is 3.82. The van der Waals surface area contributed by atoms with E-state index in [4.69, 9.17) is 5.73 Å². The molecule has 1 fully saturated rings. The second-order valence-corrected chi connectivity index (χ2v) is 5.41. The number of hydrogen-bond donors (Lipinski definition) is 2. The lowest BCUT2D eigenvalue weighted by molar-refractivity contribution is -0.128. The molecule has 1 amide bonds. The third-order valence-electron chi connectivity index (χ3n) is 3.82. The van der Waals surface area contributed by atoms with E-state index < -0.39 is 0 Å². The van der Waals surface area contributed by atoms with Crippen molar-refractivity contribution in [3.8, 4) is 6.07 Å². The second kappa shape index (κ2) is 8.27. The Kier molecular flexibility index (Phi) is 6.09. The van der Waals surface area contributed by atoms with Gasteiger partial charge in [0, 0.05) is 51.7 Å². The number of carbonyl (C=O) groups is 1. The van der Waals surface area contributed by atoms with Crippen LogP contribution in [0.5, 0.6) is 0 Å². The van der Waals surface area contributed by atoms with Gasteiger partial charge in [0.2, 0.25) is 0 Å². The first-order valence-electron chi connectivity index (χ1n) is 7.66. The van der Waals surface area contributed by atoms with Crippen molar-refractivity contribution in [3.05, 3.63) is 35.7 Å². The summed E-state index contributed by atoms with van der Waals surface area (Å²) in [5.41, 5.74) is 6.58. The van der Waals surface area contributed by atoms with E-state index in [0.717, 1.165) is 25.2 Å². The Bertz CT molecular complexity index is 613. The number of anilines is 1. The van der Waals surface area contributed by atoms with E-state index in [9.17, 15) is 10.1 Å². The predicted octanol–water partition coefficient (Wildman–Crippen LogP) is 0.312. The van der Waals surface area contributed by atoms with Crippen LogP contribution in [0.2, 0.25) is 0 Å². The number of piperazine rings is 1. The minimum Gasteiger partial charge on any atom is -0.345 e. The number of nitrogens with one attached hydrogen (secondary N) is 1. The minimum atomic E-state index is -0.249. The molecule has 3 N–H and O–H groups in total. The monoisotopic (exact) mass is 314 g/mol. The maximum absolute atomic E-state index is 12.4. The lowest BCUT2D eigenvalue weighted by Gasteiger charge is -2.34. The minimum absolute atomic E-state index is 0.0855. The molecule has 1 aromatic heterocycles. The number of nitrogens with zero attached hydrogens (tertiary/aromatic N) is 4. The molecule has 23 heavy (non-hydrogen) atoms. The van der Waals surface area contributed by atoms with Crippen molar-refractivity contribution in [2.24, 2.45) is 5.73 Å². The molecular weight excluding hydrogens is 292 g/mol. The molecule has 1 aliphatic heterocycles. The largest absolute Gasteiger partial charge is 0.345 e. The highest BCUT2D eigenvalue weighted by Gasteiger charge is 2.23. The molecule has 1 aliphatic rings. The molecule has 0 unspecified atom stereocenters. The van der Waals surface area contributed by atoms with Crippen molar-refractivity contribution in [2.45, 2.75) is 6.92 Å². The number of nitriles is 1. The molecule has 0 radical (unpaired) electrons. The summed E-state index contributed by atoms with van der Waals surface area (Å²) in [6.45, 7) is 6.16. The first-order chi connectivity index (χ1) is 11.2. The average Bonchev–Trinajstić information content (AvgIpc) is 2.57. The van der Waals surface area contributed by atoms with Gasteiger partial charge in [0.1, 0.15) is 17.5 Å². The van der Waals surface area contributed by atoms with Gasteiger partial charge in [-0.05, 0) is 18.6 Å². The van der Waals surface area contributed by atoms with Crippen LogP contribution in [0, 0.1) is 18.3 Å². The molecule has 2 rings (SSSR count). The molecular formula is C16H22N6O. The highest BCUT2D eigenvalue weighted by atomic mass is 16.2. The molecule has 2 heterocycles.